The van der Waals surface area contributed by atoms with Crippen molar-refractivity contribution in [2.45, 2.75) is 44.7 Å². The first kappa shape index (κ1) is 17.3. The molecule has 1 atom stereocenters. The van der Waals surface area contributed by atoms with Crippen molar-refractivity contribution in [2.24, 2.45) is 0 Å². The molecule has 0 heterocycles. The van der Waals surface area contributed by atoms with Crippen molar-refractivity contribution in [2.75, 3.05) is 0 Å². The second-order valence-corrected chi connectivity index (χ2v) is 11.3. The van der Waals surface area contributed by atoms with Crippen molar-refractivity contribution in [1.82, 2.24) is 0 Å². The fraction of sp³-hybridized carbons (Fsp3) is 0.368. The van der Waals surface area contributed by atoms with Gasteiger partial charge in [-0.25, -0.2) is 0 Å². The highest BCUT2D eigenvalue weighted by molar-refractivity contribution is 6.99. The zero-order valence-corrected chi connectivity index (χ0v) is 15.6. The largest absolute Gasteiger partial charge is 0.391 e. The monoisotopic (exact) mass is 332 g/mol. The maximum Gasteiger partial charge on any atom is 0.263 e. The highest BCUT2D eigenvalue weighted by Gasteiger charge is 2.51. The predicted molar refractivity (Wildman–Crippen MR) is 98.6 cm³/mol. The van der Waals surface area contributed by atoms with Crippen LogP contribution in [0.4, 0.5) is 0 Å². The maximum absolute atomic E-state index is 6.63. The van der Waals surface area contributed by atoms with Gasteiger partial charge in [-0.3, -0.25) is 0 Å². The standard InChI is InChI=1S/C19H25ClOSi/c1-5-18(20)21-22(19(2,3)4,16-12-8-6-9-13-16)17-14-10-7-11-15-17/h6-15,18H,5H2,1-4H3. The van der Waals surface area contributed by atoms with Crippen LogP contribution in [0, 0.1) is 0 Å². The lowest BCUT2D eigenvalue weighted by atomic mass is 10.2. The SMILES string of the molecule is CCC(Cl)O[Si](c1ccccc1)(c1ccccc1)C(C)(C)C. The Balaban J connectivity index is 2.70. The number of benzene rings is 2. The fourth-order valence-electron chi connectivity index (χ4n) is 2.97. The summed E-state index contributed by atoms with van der Waals surface area (Å²) in [6.07, 6.45) is 0.798. The van der Waals surface area contributed by atoms with Gasteiger partial charge in [-0.2, -0.15) is 0 Å². The molecule has 0 aliphatic heterocycles. The minimum absolute atomic E-state index is 0.0159. The van der Waals surface area contributed by atoms with E-state index in [1.54, 1.807) is 0 Å². The van der Waals surface area contributed by atoms with Crippen molar-refractivity contribution in [3.05, 3.63) is 60.7 Å². The average molecular weight is 333 g/mol. The number of halogens is 1. The average Bonchev–Trinajstić information content (AvgIpc) is 2.52. The van der Waals surface area contributed by atoms with E-state index in [0.29, 0.717) is 0 Å². The Morgan fingerprint density at radius 3 is 1.64 bits per heavy atom. The van der Waals surface area contributed by atoms with Gasteiger partial charge < -0.3 is 4.43 Å². The lowest BCUT2D eigenvalue weighted by Crippen LogP contribution is -2.67. The third kappa shape index (κ3) is 3.29. The Morgan fingerprint density at radius 2 is 1.32 bits per heavy atom. The molecular formula is C19H25ClOSi. The van der Waals surface area contributed by atoms with Gasteiger partial charge in [0.05, 0.1) is 0 Å². The molecule has 0 aliphatic carbocycles. The minimum atomic E-state index is -2.47. The molecule has 2 aromatic carbocycles. The number of hydrogen-bond acceptors (Lipinski definition) is 1. The molecule has 0 radical (unpaired) electrons. The molecule has 0 aliphatic rings. The van der Waals surface area contributed by atoms with Gasteiger partial charge >= 0.3 is 0 Å². The lowest BCUT2D eigenvalue weighted by Gasteiger charge is -2.44. The third-order valence-electron chi connectivity index (χ3n) is 4.04. The molecule has 22 heavy (non-hydrogen) atoms. The lowest BCUT2D eigenvalue weighted by molar-refractivity contribution is 0.259. The second kappa shape index (κ2) is 6.99. The van der Waals surface area contributed by atoms with E-state index in [-0.39, 0.29) is 10.6 Å². The summed E-state index contributed by atoms with van der Waals surface area (Å²) in [5.41, 5.74) is -0.272. The zero-order chi connectivity index (χ0) is 16.2. The summed E-state index contributed by atoms with van der Waals surface area (Å²) in [7, 11) is -2.47. The molecule has 0 amide bonds. The molecule has 2 aromatic rings. The highest BCUT2D eigenvalue weighted by Crippen LogP contribution is 2.38. The van der Waals surface area contributed by atoms with Crippen LogP contribution in [0.15, 0.2) is 60.7 Å². The smallest absolute Gasteiger partial charge is 0.263 e. The first-order valence-corrected chi connectivity index (χ1v) is 10.2. The highest BCUT2D eigenvalue weighted by atomic mass is 35.5. The topological polar surface area (TPSA) is 9.23 Å². The van der Waals surface area contributed by atoms with Crippen molar-refractivity contribution < 1.29 is 4.43 Å². The van der Waals surface area contributed by atoms with Gasteiger partial charge in [0, 0.05) is 0 Å². The van der Waals surface area contributed by atoms with Crippen LogP contribution in [0.25, 0.3) is 0 Å². The van der Waals surface area contributed by atoms with Crippen LogP contribution >= 0.6 is 11.6 Å². The predicted octanol–water partition coefficient (Wildman–Crippen LogP) is 4.54. The molecule has 1 nitrogen and oxygen atoms in total. The molecule has 3 heteroatoms. The molecule has 0 aromatic heterocycles. The van der Waals surface area contributed by atoms with Crippen molar-refractivity contribution >= 4 is 30.3 Å². The number of hydrogen-bond donors (Lipinski definition) is 0. The molecule has 0 saturated carbocycles. The second-order valence-electron chi connectivity index (χ2n) is 6.60. The van der Waals surface area contributed by atoms with Gasteiger partial charge in [-0.05, 0) is 21.8 Å². The quantitative estimate of drug-likeness (QED) is 0.577. The van der Waals surface area contributed by atoms with E-state index in [1.165, 1.54) is 10.4 Å². The number of rotatable bonds is 5. The van der Waals surface area contributed by atoms with Crippen molar-refractivity contribution in [3.8, 4) is 0 Å². The summed E-state index contributed by atoms with van der Waals surface area (Å²) in [5.74, 6) is 0. The van der Waals surface area contributed by atoms with Crippen LogP contribution in [0.5, 0.6) is 0 Å². The van der Waals surface area contributed by atoms with Gasteiger partial charge in [-0.15, -0.1) is 0 Å². The van der Waals surface area contributed by atoms with Gasteiger partial charge in [0.25, 0.3) is 8.32 Å². The summed E-state index contributed by atoms with van der Waals surface area (Å²) in [6.45, 7) is 8.85. The maximum atomic E-state index is 6.63. The van der Waals surface area contributed by atoms with Crippen LogP contribution in [-0.2, 0) is 4.43 Å². The van der Waals surface area contributed by atoms with Gasteiger partial charge in [0.15, 0.2) is 0 Å². The summed E-state index contributed by atoms with van der Waals surface area (Å²) in [5, 5.41) is 2.53. The summed E-state index contributed by atoms with van der Waals surface area (Å²) < 4.78 is 6.63. The first-order chi connectivity index (χ1) is 10.4. The van der Waals surface area contributed by atoms with Crippen LogP contribution in [0.1, 0.15) is 34.1 Å². The summed E-state index contributed by atoms with van der Waals surface area (Å²) >= 11 is 6.47. The molecule has 0 fully saturated rings. The van der Waals surface area contributed by atoms with E-state index in [9.17, 15) is 0 Å². The molecule has 2 rings (SSSR count). The van der Waals surface area contributed by atoms with E-state index in [4.69, 9.17) is 16.0 Å². The molecule has 0 N–H and O–H groups in total. The van der Waals surface area contributed by atoms with Crippen LogP contribution in [0.3, 0.4) is 0 Å². The van der Waals surface area contributed by atoms with Crippen LogP contribution in [-0.4, -0.2) is 13.9 Å². The van der Waals surface area contributed by atoms with E-state index < -0.39 is 8.32 Å². The third-order valence-corrected chi connectivity index (χ3v) is 9.63. The normalized spacial score (nSPS) is 13.9. The zero-order valence-electron chi connectivity index (χ0n) is 13.8. The summed E-state index contributed by atoms with van der Waals surface area (Å²) in [6, 6.07) is 21.2. The van der Waals surface area contributed by atoms with E-state index in [1.807, 2.05) is 12.1 Å². The first-order valence-electron chi connectivity index (χ1n) is 7.84. The molecule has 0 bridgehead atoms. The van der Waals surface area contributed by atoms with Gasteiger partial charge in [-0.1, -0.05) is 100.0 Å². The van der Waals surface area contributed by atoms with Crippen molar-refractivity contribution in [3.63, 3.8) is 0 Å². The minimum Gasteiger partial charge on any atom is -0.391 e. The molecule has 1 unspecified atom stereocenters. The van der Waals surface area contributed by atoms with Gasteiger partial charge in [0.2, 0.25) is 0 Å². The molecule has 0 spiro atoms. The van der Waals surface area contributed by atoms with Gasteiger partial charge in [0.1, 0.15) is 5.56 Å². The Kier molecular flexibility index (Phi) is 5.49. The number of alkyl halides is 1. The Bertz CT molecular complexity index is 538. The molecule has 0 saturated heterocycles. The Morgan fingerprint density at radius 1 is 0.909 bits per heavy atom. The Labute approximate surface area is 140 Å². The fourth-order valence-corrected chi connectivity index (χ4v) is 7.93. The molecular weight excluding hydrogens is 308 g/mol. The Hall–Kier alpha value is -1.09. The van der Waals surface area contributed by atoms with E-state index in [0.717, 1.165) is 6.42 Å². The van der Waals surface area contributed by atoms with Crippen molar-refractivity contribution in [1.29, 1.82) is 0 Å². The van der Waals surface area contributed by atoms with E-state index in [2.05, 4.69) is 76.2 Å². The summed E-state index contributed by atoms with van der Waals surface area (Å²) in [4.78, 5) is 0. The molecule has 118 valence electrons. The van der Waals surface area contributed by atoms with Crippen LogP contribution < -0.4 is 10.4 Å². The van der Waals surface area contributed by atoms with Crippen LogP contribution in [0.2, 0.25) is 5.04 Å². The van der Waals surface area contributed by atoms with E-state index >= 15 is 0 Å².